The van der Waals surface area contributed by atoms with Crippen molar-refractivity contribution in [2.75, 3.05) is 12.4 Å². The van der Waals surface area contributed by atoms with Crippen molar-refractivity contribution in [3.63, 3.8) is 0 Å². The summed E-state index contributed by atoms with van der Waals surface area (Å²) in [6, 6.07) is 7.00. The van der Waals surface area contributed by atoms with Crippen molar-refractivity contribution in [3.8, 4) is 5.75 Å². The van der Waals surface area contributed by atoms with Crippen LogP contribution in [0.1, 0.15) is 10.4 Å². The molecule has 0 aliphatic rings. The molecule has 3 aromatic rings. The smallest absolute Gasteiger partial charge is 0.341 e. The summed E-state index contributed by atoms with van der Waals surface area (Å²) in [4.78, 5) is 18.6. The molecule has 0 radical (unpaired) electrons. The summed E-state index contributed by atoms with van der Waals surface area (Å²) in [5, 5.41) is 12.8. The van der Waals surface area contributed by atoms with Gasteiger partial charge in [0.2, 0.25) is 5.95 Å². The third-order valence-electron chi connectivity index (χ3n) is 3.21. The number of aromatic amines is 1. The first-order valence-corrected chi connectivity index (χ1v) is 6.89. The number of aromatic hydroxyl groups is 1. The van der Waals surface area contributed by atoms with Crippen LogP contribution >= 0.6 is 11.6 Å². The van der Waals surface area contributed by atoms with Gasteiger partial charge in [0.25, 0.3) is 0 Å². The summed E-state index contributed by atoms with van der Waals surface area (Å²) < 4.78 is 18.4. The van der Waals surface area contributed by atoms with E-state index in [1.807, 2.05) is 0 Å². The first-order chi connectivity index (χ1) is 11.0. The second-order valence-corrected chi connectivity index (χ2v) is 5.09. The predicted octanol–water partition coefficient (Wildman–Crippen LogP) is 3.59. The Balaban J connectivity index is 2.02. The number of H-pyrrole nitrogens is 1. The van der Waals surface area contributed by atoms with Gasteiger partial charge >= 0.3 is 5.97 Å². The Kier molecular flexibility index (Phi) is 3.79. The number of phenols is 1. The van der Waals surface area contributed by atoms with E-state index in [0.717, 1.165) is 0 Å². The Morgan fingerprint density at radius 2 is 2.22 bits per heavy atom. The summed E-state index contributed by atoms with van der Waals surface area (Å²) >= 11 is 5.94. The van der Waals surface area contributed by atoms with Gasteiger partial charge in [-0.3, -0.25) is 0 Å². The zero-order chi connectivity index (χ0) is 16.6. The van der Waals surface area contributed by atoms with Gasteiger partial charge in [-0.15, -0.1) is 0 Å². The molecule has 0 unspecified atom stereocenters. The van der Waals surface area contributed by atoms with Gasteiger partial charge in [0.15, 0.2) is 0 Å². The number of nitrogens with zero attached hydrogens (tertiary/aromatic N) is 1. The molecule has 6 nitrogen and oxygen atoms in total. The fourth-order valence-electron chi connectivity index (χ4n) is 2.11. The second-order valence-electron chi connectivity index (χ2n) is 4.69. The summed E-state index contributed by atoms with van der Waals surface area (Å²) in [7, 11) is 1.21. The highest BCUT2D eigenvalue weighted by Gasteiger charge is 2.16. The van der Waals surface area contributed by atoms with E-state index in [2.05, 4.69) is 20.0 Å². The number of carbonyl (C=O) groups is 1. The molecular formula is C15H11ClFN3O3. The van der Waals surface area contributed by atoms with E-state index < -0.39 is 11.8 Å². The van der Waals surface area contributed by atoms with Crippen LogP contribution < -0.4 is 5.32 Å². The highest BCUT2D eigenvalue weighted by Crippen LogP contribution is 2.29. The van der Waals surface area contributed by atoms with E-state index in [1.165, 1.54) is 37.4 Å². The van der Waals surface area contributed by atoms with Gasteiger partial charge in [0.05, 0.1) is 28.9 Å². The molecular weight excluding hydrogens is 325 g/mol. The van der Waals surface area contributed by atoms with Crippen LogP contribution in [0.5, 0.6) is 5.75 Å². The number of phenolic OH excluding ortho intramolecular Hbond substituents is 1. The normalized spacial score (nSPS) is 10.7. The number of ether oxygens (including phenoxy) is 1. The maximum absolute atomic E-state index is 13.8. The standard InChI is InChI=1S/C15H11ClFN3O3/c1-23-14(22)7-5-10-11(6-12(7)21)19-15(18-10)20-13-8(16)3-2-4-9(13)17/h2-6,21H,1H3,(H2,18,19,20). The Bertz CT molecular complexity index is 890. The maximum atomic E-state index is 13.8. The van der Waals surface area contributed by atoms with Crippen molar-refractivity contribution < 1.29 is 19.0 Å². The van der Waals surface area contributed by atoms with Gasteiger partial charge in [-0.25, -0.2) is 14.2 Å². The number of aromatic nitrogens is 2. The van der Waals surface area contributed by atoms with E-state index in [0.29, 0.717) is 11.0 Å². The summed E-state index contributed by atoms with van der Waals surface area (Å²) in [6.45, 7) is 0. The molecule has 0 aliphatic carbocycles. The fraction of sp³-hybridized carbons (Fsp3) is 0.0667. The summed E-state index contributed by atoms with van der Waals surface area (Å²) in [5.41, 5.74) is 0.927. The second kappa shape index (κ2) is 5.77. The molecule has 0 saturated heterocycles. The molecule has 0 amide bonds. The quantitative estimate of drug-likeness (QED) is 0.637. The lowest BCUT2D eigenvalue weighted by Gasteiger charge is -2.05. The van der Waals surface area contributed by atoms with E-state index in [-0.39, 0.29) is 28.0 Å². The molecule has 118 valence electrons. The lowest BCUT2D eigenvalue weighted by atomic mass is 10.2. The molecule has 23 heavy (non-hydrogen) atoms. The number of esters is 1. The number of nitrogens with one attached hydrogen (secondary N) is 2. The topological polar surface area (TPSA) is 87.2 Å². The largest absolute Gasteiger partial charge is 0.507 e. The monoisotopic (exact) mass is 335 g/mol. The third kappa shape index (κ3) is 2.78. The van der Waals surface area contributed by atoms with Crippen molar-refractivity contribution in [1.82, 2.24) is 9.97 Å². The third-order valence-corrected chi connectivity index (χ3v) is 3.53. The SMILES string of the molecule is COC(=O)c1cc2nc(Nc3c(F)cccc3Cl)[nH]c2cc1O. The van der Waals surface area contributed by atoms with Gasteiger partial charge in [-0.05, 0) is 18.2 Å². The van der Waals surface area contributed by atoms with E-state index in [1.54, 1.807) is 0 Å². The minimum absolute atomic E-state index is 0.0121. The number of benzene rings is 2. The number of hydrogen-bond acceptors (Lipinski definition) is 5. The molecule has 2 aromatic carbocycles. The summed E-state index contributed by atoms with van der Waals surface area (Å²) in [6.07, 6.45) is 0. The molecule has 1 aromatic heterocycles. The number of halogens is 2. The van der Waals surface area contributed by atoms with Gasteiger partial charge in [-0.2, -0.15) is 0 Å². The zero-order valence-electron chi connectivity index (χ0n) is 11.9. The molecule has 0 bridgehead atoms. The van der Waals surface area contributed by atoms with Crippen molar-refractivity contribution >= 4 is 40.2 Å². The van der Waals surface area contributed by atoms with E-state index >= 15 is 0 Å². The number of anilines is 2. The first-order valence-electron chi connectivity index (χ1n) is 6.51. The molecule has 3 rings (SSSR count). The van der Waals surface area contributed by atoms with Gasteiger partial charge in [0, 0.05) is 6.07 Å². The van der Waals surface area contributed by atoms with Gasteiger partial charge in [-0.1, -0.05) is 17.7 Å². The molecule has 0 atom stereocenters. The molecule has 3 N–H and O–H groups in total. The van der Waals surface area contributed by atoms with Crippen LogP contribution in [0.4, 0.5) is 16.0 Å². The molecule has 1 heterocycles. The summed E-state index contributed by atoms with van der Waals surface area (Å²) in [5.74, 6) is -1.24. The first kappa shape index (κ1) is 15.1. The molecule has 0 saturated carbocycles. The van der Waals surface area contributed by atoms with Gasteiger partial charge in [0.1, 0.15) is 17.1 Å². The predicted molar refractivity (Wildman–Crippen MR) is 83.8 cm³/mol. The van der Waals surface area contributed by atoms with E-state index in [9.17, 15) is 14.3 Å². The lowest BCUT2D eigenvalue weighted by molar-refractivity contribution is 0.0597. The van der Waals surface area contributed by atoms with Crippen LogP contribution in [0.2, 0.25) is 5.02 Å². The number of rotatable bonds is 3. The molecule has 0 aliphatic heterocycles. The average Bonchev–Trinajstić information content (AvgIpc) is 2.91. The van der Waals surface area contributed by atoms with Crippen molar-refractivity contribution in [2.45, 2.75) is 0 Å². The van der Waals surface area contributed by atoms with Crippen LogP contribution in [0.25, 0.3) is 11.0 Å². The highest BCUT2D eigenvalue weighted by atomic mass is 35.5. The zero-order valence-corrected chi connectivity index (χ0v) is 12.6. The van der Waals surface area contributed by atoms with Crippen LogP contribution in [0.3, 0.4) is 0 Å². The fourth-order valence-corrected chi connectivity index (χ4v) is 2.32. The molecule has 0 fully saturated rings. The minimum Gasteiger partial charge on any atom is -0.507 e. The number of hydrogen-bond donors (Lipinski definition) is 3. The number of carbonyl (C=O) groups excluding carboxylic acids is 1. The Labute approximate surface area is 134 Å². The average molecular weight is 336 g/mol. The van der Waals surface area contributed by atoms with Crippen molar-refractivity contribution in [2.24, 2.45) is 0 Å². The lowest BCUT2D eigenvalue weighted by Crippen LogP contribution is -2.01. The Morgan fingerprint density at radius 1 is 1.43 bits per heavy atom. The molecule has 8 heteroatoms. The highest BCUT2D eigenvalue weighted by molar-refractivity contribution is 6.33. The van der Waals surface area contributed by atoms with Crippen LogP contribution in [0, 0.1) is 5.82 Å². The van der Waals surface area contributed by atoms with Crippen LogP contribution in [-0.2, 0) is 4.74 Å². The number of para-hydroxylation sites is 1. The minimum atomic E-state index is -0.681. The number of fused-ring (bicyclic) bond motifs is 1. The van der Waals surface area contributed by atoms with E-state index in [4.69, 9.17) is 11.6 Å². The van der Waals surface area contributed by atoms with Crippen molar-refractivity contribution in [3.05, 3.63) is 46.7 Å². The van der Waals surface area contributed by atoms with Crippen LogP contribution in [0.15, 0.2) is 30.3 Å². The van der Waals surface area contributed by atoms with Gasteiger partial charge < -0.3 is 20.1 Å². The van der Waals surface area contributed by atoms with Crippen LogP contribution in [-0.4, -0.2) is 28.2 Å². The number of imidazole rings is 1. The Hall–Kier alpha value is -2.80. The maximum Gasteiger partial charge on any atom is 0.341 e. The Morgan fingerprint density at radius 3 is 2.91 bits per heavy atom. The molecule has 0 spiro atoms. The van der Waals surface area contributed by atoms with Crippen molar-refractivity contribution in [1.29, 1.82) is 0 Å². The number of methoxy groups -OCH3 is 1.